The number of hydrogen-bond acceptors (Lipinski definition) is 3. The highest BCUT2D eigenvalue weighted by molar-refractivity contribution is 7.87. The van der Waals surface area contributed by atoms with Crippen molar-refractivity contribution in [2.45, 2.75) is 18.9 Å². The molecule has 1 aromatic rings. The molecule has 0 aliphatic carbocycles. The Kier molecular flexibility index (Phi) is 3.47. The van der Waals surface area contributed by atoms with Crippen LogP contribution in [-0.2, 0) is 16.5 Å². The summed E-state index contributed by atoms with van der Waals surface area (Å²) in [6.07, 6.45) is 0.573. The van der Waals surface area contributed by atoms with Crippen molar-refractivity contribution in [1.82, 2.24) is 0 Å². The van der Waals surface area contributed by atoms with E-state index < -0.39 is 15.6 Å². The lowest BCUT2D eigenvalue weighted by Gasteiger charge is -2.09. The van der Waals surface area contributed by atoms with E-state index in [0.717, 1.165) is 6.07 Å². The van der Waals surface area contributed by atoms with Crippen LogP contribution >= 0.6 is 0 Å². The Balaban J connectivity index is 2.97. The SMILES string of the molecule is CCc1cccc(OS(=O)(=O)C(F)(F)F)c1. The zero-order valence-electron chi connectivity index (χ0n) is 8.28. The summed E-state index contributed by atoms with van der Waals surface area (Å²) >= 11 is 0. The van der Waals surface area contributed by atoms with E-state index in [1.165, 1.54) is 12.1 Å². The minimum Gasteiger partial charge on any atom is -0.376 e. The zero-order chi connectivity index (χ0) is 12.4. The van der Waals surface area contributed by atoms with Gasteiger partial charge in [0.1, 0.15) is 5.75 Å². The van der Waals surface area contributed by atoms with Crippen LogP contribution in [0.15, 0.2) is 24.3 Å². The summed E-state index contributed by atoms with van der Waals surface area (Å²) in [6, 6.07) is 5.50. The van der Waals surface area contributed by atoms with Gasteiger partial charge in [-0.1, -0.05) is 19.1 Å². The summed E-state index contributed by atoms with van der Waals surface area (Å²) in [4.78, 5) is 0. The molecule has 0 aliphatic heterocycles. The molecule has 0 bridgehead atoms. The normalized spacial score (nSPS) is 12.5. The average molecular weight is 254 g/mol. The molecule has 7 heteroatoms. The highest BCUT2D eigenvalue weighted by Crippen LogP contribution is 2.27. The summed E-state index contributed by atoms with van der Waals surface area (Å²) in [5.74, 6) is -0.336. The van der Waals surface area contributed by atoms with E-state index in [4.69, 9.17) is 0 Å². The second kappa shape index (κ2) is 4.32. The Hall–Kier alpha value is -1.24. The van der Waals surface area contributed by atoms with E-state index in [2.05, 4.69) is 4.18 Å². The third-order valence-corrected chi connectivity index (χ3v) is 2.77. The summed E-state index contributed by atoms with van der Waals surface area (Å²) in [6.45, 7) is 1.79. The molecule has 0 atom stereocenters. The maximum atomic E-state index is 12.0. The average Bonchev–Trinajstić information content (AvgIpc) is 2.15. The molecule has 16 heavy (non-hydrogen) atoms. The second-order valence-electron chi connectivity index (χ2n) is 2.98. The molecule has 1 rings (SSSR count). The molecule has 3 nitrogen and oxygen atoms in total. The van der Waals surface area contributed by atoms with Gasteiger partial charge >= 0.3 is 15.6 Å². The molecule has 0 N–H and O–H groups in total. The lowest BCUT2D eigenvalue weighted by molar-refractivity contribution is -0.0500. The van der Waals surface area contributed by atoms with E-state index in [1.807, 2.05) is 0 Å². The van der Waals surface area contributed by atoms with E-state index in [9.17, 15) is 21.6 Å². The van der Waals surface area contributed by atoms with E-state index in [1.54, 1.807) is 13.0 Å². The van der Waals surface area contributed by atoms with Crippen molar-refractivity contribution in [2.75, 3.05) is 0 Å². The number of benzene rings is 1. The highest BCUT2D eigenvalue weighted by atomic mass is 32.2. The van der Waals surface area contributed by atoms with Crippen LogP contribution in [0, 0.1) is 0 Å². The van der Waals surface area contributed by atoms with Crippen molar-refractivity contribution in [2.24, 2.45) is 0 Å². The number of aryl methyl sites for hydroxylation is 1. The smallest absolute Gasteiger partial charge is 0.376 e. The van der Waals surface area contributed by atoms with Crippen LogP contribution in [0.3, 0.4) is 0 Å². The molecule has 0 amide bonds. The Bertz CT molecular complexity index is 465. The molecule has 0 saturated carbocycles. The van der Waals surface area contributed by atoms with Gasteiger partial charge in [-0.05, 0) is 24.1 Å². The molecule has 0 fully saturated rings. The lowest BCUT2D eigenvalue weighted by atomic mass is 10.2. The standard InChI is InChI=1S/C9H9F3O3S/c1-2-7-4-3-5-8(6-7)15-16(13,14)9(10,11)12/h3-6H,2H2,1H3. The largest absolute Gasteiger partial charge is 0.534 e. The van der Waals surface area contributed by atoms with E-state index in [-0.39, 0.29) is 5.75 Å². The first-order valence-corrected chi connectivity index (χ1v) is 5.77. The maximum Gasteiger partial charge on any atom is 0.534 e. The first kappa shape index (κ1) is 12.8. The van der Waals surface area contributed by atoms with Crippen LogP contribution in [0.25, 0.3) is 0 Å². The van der Waals surface area contributed by atoms with Crippen LogP contribution in [0.2, 0.25) is 0 Å². The minimum atomic E-state index is -5.58. The fourth-order valence-corrected chi connectivity index (χ4v) is 1.44. The molecule has 0 heterocycles. The summed E-state index contributed by atoms with van der Waals surface area (Å²) in [5.41, 5.74) is -4.72. The van der Waals surface area contributed by atoms with Crippen LogP contribution in [0.1, 0.15) is 12.5 Å². The predicted molar refractivity (Wildman–Crippen MR) is 51.4 cm³/mol. The van der Waals surface area contributed by atoms with Crippen LogP contribution in [0.4, 0.5) is 13.2 Å². The van der Waals surface area contributed by atoms with Crippen molar-refractivity contribution in [3.05, 3.63) is 29.8 Å². The molecule has 0 aromatic heterocycles. The fraction of sp³-hybridized carbons (Fsp3) is 0.333. The van der Waals surface area contributed by atoms with Gasteiger partial charge in [0.05, 0.1) is 0 Å². The van der Waals surface area contributed by atoms with Gasteiger partial charge in [-0.25, -0.2) is 0 Å². The Morgan fingerprint density at radius 1 is 1.31 bits per heavy atom. The second-order valence-corrected chi connectivity index (χ2v) is 4.52. The maximum absolute atomic E-state index is 12.0. The third-order valence-electron chi connectivity index (χ3n) is 1.80. The first-order valence-electron chi connectivity index (χ1n) is 4.36. The monoisotopic (exact) mass is 254 g/mol. The zero-order valence-corrected chi connectivity index (χ0v) is 9.10. The van der Waals surface area contributed by atoms with Gasteiger partial charge in [-0.15, -0.1) is 0 Å². The fourth-order valence-electron chi connectivity index (χ4n) is 0.991. The van der Waals surface area contributed by atoms with Crippen molar-refractivity contribution in [3.8, 4) is 5.75 Å². The van der Waals surface area contributed by atoms with Crippen LogP contribution < -0.4 is 4.18 Å². The van der Waals surface area contributed by atoms with Crippen LogP contribution in [-0.4, -0.2) is 13.9 Å². The quantitative estimate of drug-likeness (QED) is 0.614. The molecule has 0 aliphatic rings. The lowest BCUT2D eigenvalue weighted by Crippen LogP contribution is -2.28. The molecule has 0 saturated heterocycles. The predicted octanol–water partition coefficient (Wildman–Crippen LogP) is 2.48. The Morgan fingerprint density at radius 2 is 1.94 bits per heavy atom. The van der Waals surface area contributed by atoms with Crippen molar-refractivity contribution >= 4 is 10.1 Å². The van der Waals surface area contributed by atoms with Crippen molar-refractivity contribution < 1.29 is 25.8 Å². The Labute approximate surface area is 91.0 Å². The highest BCUT2D eigenvalue weighted by Gasteiger charge is 2.48. The molecule has 0 spiro atoms. The van der Waals surface area contributed by atoms with Gasteiger partial charge in [-0.3, -0.25) is 0 Å². The van der Waals surface area contributed by atoms with Gasteiger partial charge in [-0.2, -0.15) is 21.6 Å². The summed E-state index contributed by atoms with van der Waals surface area (Å²) < 4.78 is 61.3. The summed E-state index contributed by atoms with van der Waals surface area (Å²) in [7, 11) is -5.58. The number of halogens is 3. The van der Waals surface area contributed by atoms with Gasteiger partial charge in [0.25, 0.3) is 0 Å². The number of alkyl halides is 3. The third kappa shape index (κ3) is 2.88. The van der Waals surface area contributed by atoms with Gasteiger partial charge in [0.2, 0.25) is 0 Å². The molecule has 1 aromatic carbocycles. The van der Waals surface area contributed by atoms with Gasteiger partial charge < -0.3 is 4.18 Å². The molecule has 0 unspecified atom stereocenters. The molecule has 0 radical (unpaired) electrons. The van der Waals surface area contributed by atoms with E-state index in [0.29, 0.717) is 12.0 Å². The molecule has 90 valence electrons. The van der Waals surface area contributed by atoms with Crippen molar-refractivity contribution in [3.63, 3.8) is 0 Å². The Morgan fingerprint density at radius 3 is 2.44 bits per heavy atom. The number of rotatable bonds is 3. The number of hydrogen-bond donors (Lipinski definition) is 0. The molecular weight excluding hydrogens is 245 g/mol. The first-order chi connectivity index (χ1) is 7.26. The van der Waals surface area contributed by atoms with Crippen molar-refractivity contribution in [1.29, 1.82) is 0 Å². The van der Waals surface area contributed by atoms with Gasteiger partial charge in [0, 0.05) is 0 Å². The minimum absolute atomic E-state index is 0.336. The van der Waals surface area contributed by atoms with E-state index >= 15 is 0 Å². The van der Waals surface area contributed by atoms with Crippen LogP contribution in [0.5, 0.6) is 5.75 Å². The molecular formula is C9H9F3O3S. The summed E-state index contributed by atoms with van der Waals surface area (Å²) in [5, 5.41) is 0. The van der Waals surface area contributed by atoms with Gasteiger partial charge in [0.15, 0.2) is 0 Å². The topological polar surface area (TPSA) is 43.4 Å².